The van der Waals surface area contributed by atoms with Gasteiger partial charge in [0.15, 0.2) is 0 Å². The zero-order valence-electron chi connectivity index (χ0n) is 14.4. The van der Waals surface area contributed by atoms with Crippen LogP contribution in [0, 0.1) is 0 Å². The molecule has 0 radical (unpaired) electrons. The smallest absolute Gasteiger partial charge is 0.227 e. The fraction of sp³-hybridized carbons (Fsp3) is 0.579. The molecule has 0 N–H and O–H groups in total. The van der Waals surface area contributed by atoms with Gasteiger partial charge >= 0.3 is 0 Å². The van der Waals surface area contributed by atoms with E-state index >= 15 is 0 Å². The van der Waals surface area contributed by atoms with Crippen molar-refractivity contribution >= 4 is 11.8 Å². The molecule has 5 nitrogen and oxygen atoms in total. The molecule has 1 fully saturated rings. The monoisotopic (exact) mass is 330 g/mol. The second-order valence-corrected chi connectivity index (χ2v) is 6.54. The SMILES string of the molecule is CCC(=O)N1CCCN(C(=O)Cc2ccc3c(c2)CCCO3)CC1. The molecule has 1 aromatic carbocycles. The van der Waals surface area contributed by atoms with Crippen LogP contribution in [0.25, 0.3) is 0 Å². The first-order valence-electron chi connectivity index (χ1n) is 8.97. The van der Waals surface area contributed by atoms with E-state index in [4.69, 9.17) is 4.74 Å². The van der Waals surface area contributed by atoms with E-state index in [0.29, 0.717) is 25.9 Å². The lowest BCUT2D eigenvalue weighted by Crippen LogP contribution is -2.37. The van der Waals surface area contributed by atoms with Crippen LogP contribution in [-0.2, 0) is 22.4 Å². The lowest BCUT2D eigenvalue weighted by Gasteiger charge is -2.22. The molecule has 5 heteroatoms. The van der Waals surface area contributed by atoms with Gasteiger partial charge in [-0.1, -0.05) is 19.1 Å². The van der Waals surface area contributed by atoms with Gasteiger partial charge in [0.05, 0.1) is 13.0 Å². The molecule has 0 aromatic heterocycles. The first kappa shape index (κ1) is 16.8. The van der Waals surface area contributed by atoms with Gasteiger partial charge in [0, 0.05) is 32.6 Å². The molecule has 0 aliphatic carbocycles. The van der Waals surface area contributed by atoms with Crippen molar-refractivity contribution in [1.82, 2.24) is 9.80 Å². The highest BCUT2D eigenvalue weighted by Crippen LogP contribution is 2.26. The maximum atomic E-state index is 12.6. The Morgan fingerprint density at radius 3 is 2.54 bits per heavy atom. The quantitative estimate of drug-likeness (QED) is 0.852. The predicted molar refractivity (Wildman–Crippen MR) is 92.0 cm³/mol. The van der Waals surface area contributed by atoms with Crippen LogP contribution >= 0.6 is 0 Å². The first-order valence-corrected chi connectivity index (χ1v) is 8.97. The zero-order valence-corrected chi connectivity index (χ0v) is 14.4. The van der Waals surface area contributed by atoms with Gasteiger partial charge in [-0.15, -0.1) is 0 Å². The number of amides is 2. The summed E-state index contributed by atoms with van der Waals surface area (Å²) in [7, 11) is 0. The lowest BCUT2D eigenvalue weighted by molar-refractivity contribution is -0.133. The summed E-state index contributed by atoms with van der Waals surface area (Å²) in [4.78, 5) is 28.2. The van der Waals surface area contributed by atoms with E-state index in [1.807, 2.05) is 28.9 Å². The van der Waals surface area contributed by atoms with Gasteiger partial charge in [0.25, 0.3) is 0 Å². The normalized spacial score (nSPS) is 17.7. The number of benzene rings is 1. The molecule has 130 valence electrons. The number of rotatable bonds is 3. The second-order valence-electron chi connectivity index (χ2n) is 6.54. The summed E-state index contributed by atoms with van der Waals surface area (Å²) in [6.45, 7) is 5.45. The number of nitrogens with zero attached hydrogens (tertiary/aromatic N) is 2. The average Bonchev–Trinajstić information content (AvgIpc) is 2.87. The fourth-order valence-electron chi connectivity index (χ4n) is 3.45. The van der Waals surface area contributed by atoms with E-state index in [-0.39, 0.29) is 11.8 Å². The molecule has 2 amide bonds. The molecule has 2 heterocycles. The van der Waals surface area contributed by atoms with Crippen molar-refractivity contribution in [3.8, 4) is 5.75 Å². The van der Waals surface area contributed by atoms with Gasteiger partial charge in [0.2, 0.25) is 11.8 Å². The second kappa shape index (κ2) is 7.69. The largest absolute Gasteiger partial charge is 0.493 e. The number of aryl methyl sites for hydroxylation is 1. The van der Waals surface area contributed by atoms with Gasteiger partial charge in [-0.2, -0.15) is 0 Å². The van der Waals surface area contributed by atoms with Gasteiger partial charge in [0.1, 0.15) is 5.75 Å². The molecule has 24 heavy (non-hydrogen) atoms. The van der Waals surface area contributed by atoms with E-state index < -0.39 is 0 Å². The third kappa shape index (κ3) is 3.89. The molecule has 2 aliphatic rings. The highest BCUT2D eigenvalue weighted by molar-refractivity contribution is 5.79. The van der Waals surface area contributed by atoms with Crippen LogP contribution in [-0.4, -0.2) is 54.4 Å². The number of hydrogen-bond donors (Lipinski definition) is 0. The number of carbonyl (C=O) groups is 2. The van der Waals surface area contributed by atoms with E-state index in [2.05, 4.69) is 6.07 Å². The molecule has 0 bridgehead atoms. The fourth-order valence-corrected chi connectivity index (χ4v) is 3.45. The Morgan fingerprint density at radius 1 is 1.04 bits per heavy atom. The number of fused-ring (bicyclic) bond motifs is 1. The van der Waals surface area contributed by atoms with Crippen molar-refractivity contribution < 1.29 is 14.3 Å². The van der Waals surface area contributed by atoms with Gasteiger partial charge < -0.3 is 14.5 Å². The highest BCUT2D eigenvalue weighted by atomic mass is 16.5. The van der Waals surface area contributed by atoms with Crippen LogP contribution in [0.3, 0.4) is 0 Å². The average molecular weight is 330 g/mol. The predicted octanol–water partition coefficient (Wildman–Crippen LogP) is 2.02. The van der Waals surface area contributed by atoms with E-state index in [1.165, 1.54) is 5.56 Å². The Balaban J connectivity index is 1.59. The van der Waals surface area contributed by atoms with Crippen molar-refractivity contribution in [1.29, 1.82) is 0 Å². The zero-order chi connectivity index (χ0) is 16.9. The van der Waals surface area contributed by atoms with Crippen molar-refractivity contribution in [3.63, 3.8) is 0 Å². The standard InChI is InChI=1S/C19H26N2O3/c1-2-18(22)20-8-4-9-21(11-10-20)19(23)14-15-6-7-17-16(13-15)5-3-12-24-17/h6-7,13H,2-5,8-12,14H2,1H3. The van der Waals surface area contributed by atoms with Gasteiger partial charge in [-0.05, 0) is 36.5 Å². The number of ether oxygens (including phenoxy) is 1. The molecule has 0 spiro atoms. The molecule has 0 saturated carbocycles. The van der Waals surface area contributed by atoms with Crippen molar-refractivity contribution in [2.75, 3.05) is 32.8 Å². The van der Waals surface area contributed by atoms with Gasteiger partial charge in [-0.25, -0.2) is 0 Å². The molecular weight excluding hydrogens is 304 g/mol. The van der Waals surface area contributed by atoms with E-state index in [0.717, 1.165) is 50.3 Å². The first-order chi connectivity index (χ1) is 11.7. The Bertz CT molecular complexity index is 615. The summed E-state index contributed by atoms with van der Waals surface area (Å²) < 4.78 is 5.63. The minimum atomic E-state index is 0.150. The minimum absolute atomic E-state index is 0.150. The summed E-state index contributed by atoms with van der Waals surface area (Å²) in [5.41, 5.74) is 2.26. The molecule has 1 saturated heterocycles. The third-order valence-electron chi connectivity index (χ3n) is 4.83. The summed E-state index contributed by atoms with van der Waals surface area (Å²) in [5.74, 6) is 1.29. The van der Waals surface area contributed by atoms with Crippen molar-refractivity contribution in [2.24, 2.45) is 0 Å². The lowest BCUT2D eigenvalue weighted by atomic mass is 10.0. The van der Waals surface area contributed by atoms with Gasteiger partial charge in [-0.3, -0.25) is 9.59 Å². The van der Waals surface area contributed by atoms with Crippen molar-refractivity contribution in [2.45, 2.75) is 39.0 Å². The summed E-state index contributed by atoms with van der Waals surface area (Å²) in [6, 6.07) is 6.09. The molecule has 2 aliphatic heterocycles. The Labute approximate surface area is 143 Å². The molecule has 0 atom stereocenters. The Kier molecular flexibility index (Phi) is 5.38. The number of carbonyl (C=O) groups excluding carboxylic acids is 2. The Hall–Kier alpha value is -2.04. The van der Waals surface area contributed by atoms with Crippen LogP contribution < -0.4 is 4.74 Å². The summed E-state index contributed by atoms with van der Waals surface area (Å²) in [5, 5.41) is 0. The molecule has 1 aromatic rings. The molecular formula is C19H26N2O3. The topological polar surface area (TPSA) is 49.9 Å². The van der Waals surface area contributed by atoms with Crippen LogP contribution in [0.5, 0.6) is 5.75 Å². The maximum absolute atomic E-state index is 12.6. The van der Waals surface area contributed by atoms with Crippen molar-refractivity contribution in [3.05, 3.63) is 29.3 Å². The van der Waals surface area contributed by atoms with Crippen LogP contribution in [0.4, 0.5) is 0 Å². The molecule has 0 unspecified atom stereocenters. The number of hydrogen-bond acceptors (Lipinski definition) is 3. The molecule has 3 rings (SSSR count). The van der Waals surface area contributed by atoms with Crippen LogP contribution in [0.1, 0.15) is 37.3 Å². The minimum Gasteiger partial charge on any atom is -0.493 e. The highest BCUT2D eigenvalue weighted by Gasteiger charge is 2.21. The van der Waals surface area contributed by atoms with E-state index in [9.17, 15) is 9.59 Å². The maximum Gasteiger partial charge on any atom is 0.227 e. The summed E-state index contributed by atoms with van der Waals surface area (Å²) in [6.07, 6.45) is 3.88. The summed E-state index contributed by atoms with van der Waals surface area (Å²) >= 11 is 0. The van der Waals surface area contributed by atoms with Crippen LogP contribution in [0.2, 0.25) is 0 Å². The Morgan fingerprint density at radius 2 is 1.79 bits per heavy atom. The third-order valence-corrected chi connectivity index (χ3v) is 4.83. The van der Waals surface area contributed by atoms with Crippen LogP contribution in [0.15, 0.2) is 18.2 Å². The van der Waals surface area contributed by atoms with E-state index in [1.54, 1.807) is 0 Å².